The lowest BCUT2D eigenvalue weighted by Crippen LogP contribution is -2.26. The summed E-state index contributed by atoms with van der Waals surface area (Å²) in [6.45, 7) is 13.5. The first-order valence-corrected chi connectivity index (χ1v) is 10.1. The van der Waals surface area contributed by atoms with Crippen molar-refractivity contribution in [2.45, 2.75) is 48.5 Å². The average molecular weight is 423 g/mol. The molecule has 0 atom stereocenters. The lowest BCUT2D eigenvalue weighted by molar-refractivity contribution is -0.143. The van der Waals surface area contributed by atoms with Gasteiger partial charge in [0, 0.05) is 11.6 Å². The molecule has 0 saturated heterocycles. The first-order chi connectivity index (χ1) is 14.4. The Balaban J connectivity index is 2.76. The summed E-state index contributed by atoms with van der Waals surface area (Å²) in [5.41, 5.74) is -0.363. The molecule has 1 aromatic carbocycles. The highest BCUT2D eigenvalue weighted by atomic mass is 16.6. The van der Waals surface area contributed by atoms with Crippen molar-refractivity contribution >= 4 is 22.5 Å². The molecule has 2 aromatic rings. The first-order valence-electron chi connectivity index (χ1n) is 10.1. The highest BCUT2D eigenvalue weighted by Crippen LogP contribution is 2.38. The van der Waals surface area contributed by atoms with Gasteiger partial charge in [-0.15, -0.1) is 6.42 Å². The van der Waals surface area contributed by atoms with Gasteiger partial charge in [-0.3, -0.25) is 9.59 Å². The molecule has 1 aromatic heterocycles. The van der Waals surface area contributed by atoms with Gasteiger partial charge in [-0.2, -0.15) is 0 Å². The van der Waals surface area contributed by atoms with Crippen LogP contribution in [0.5, 0.6) is 11.5 Å². The fourth-order valence-corrected chi connectivity index (χ4v) is 2.53. The highest BCUT2D eigenvalue weighted by molar-refractivity contribution is 5.90. The zero-order valence-electron chi connectivity index (χ0n) is 19.3. The Kier molecular flexibility index (Phi) is 7.17. The van der Waals surface area contributed by atoms with Gasteiger partial charge in [0.05, 0.1) is 17.4 Å². The number of hydrogen-bond acceptors (Lipinski definition) is 5. The molecule has 0 radical (unpaired) electrons. The maximum absolute atomic E-state index is 12.8. The van der Waals surface area contributed by atoms with Crippen molar-refractivity contribution in [3.8, 4) is 23.8 Å². The van der Waals surface area contributed by atoms with Crippen LogP contribution in [-0.2, 0) is 4.79 Å². The van der Waals surface area contributed by atoms with Crippen LogP contribution in [0.2, 0.25) is 0 Å². The van der Waals surface area contributed by atoms with E-state index in [1.54, 1.807) is 45.1 Å². The molecular weight excluding hydrogens is 392 g/mol. The number of ether oxygens (including phenoxy) is 2. The molecule has 164 valence electrons. The molecule has 0 saturated carbocycles. The van der Waals surface area contributed by atoms with E-state index in [-0.39, 0.29) is 22.2 Å². The Labute approximate surface area is 183 Å². The molecule has 0 bridgehead atoms. The predicted molar refractivity (Wildman–Crippen MR) is 124 cm³/mol. The van der Waals surface area contributed by atoms with Crippen molar-refractivity contribution in [1.82, 2.24) is 0 Å². The summed E-state index contributed by atoms with van der Waals surface area (Å²) < 4.78 is 17.8. The second-order valence-corrected chi connectivity index (χ2v) is 9.48. The third-order valence-corrected chi connectivity index (χ3v) is 4.24. The number of terminal acetylenes is 1. The molecule has 0 aliphatic rings. The Morgan fingerprint density at radius 1 is 1.19 bits per heavy atom. The number of allylic oxidation sites excluding steroid dienone is 4. The van der Waals surface area contributed by atoms with Crippen LogP contribution < -0.4 is 14.9 Å². The van der Waals surface area contributed by atoms with E-state index in [1.165, 1.54) is 12.1 Å². The van der Waals surface area contributed by atoms with E-state index >= 15 is 0 Å². The normalized spacial score (nSPS) is 12.8. The minimum atomic E-state index is -0.759. The average Bonchev–Trinajstić information content (AvgIpc) is 2.66. The number of esters is 1. The Morgan fingerprint density at radius 3 is 2.42 bits per heavy atom. The number of carbonyl (C=O) groups is 1. The topological polar surface area (TPSA) is 65.7 Å². The second-order valence-electron chi connectivity index (χ2n) is 9.48. The zero-order valence-corrected chi connectivity index (χ0v) is 19.3. The molecule has 1 heterocycles. The Morgan fingerprint density at radius 2 is 1.87 bits per heavy atom. The van der Waals surface area contributed by atoms with Gasteiger partial charge >= 0.3 is 5.97 Å². The van der Waals surface area contributed by atoms with E-state index in [2.05, 4.69) is 5.92 Å². The smallest absolute Gasteiger partial charge is 0.316 e. The number of benzene rings is 1. The first kappa shape index (κ1) is 24.0. The monoisotopic (exact) mass is 422 g/mol. The zero-order chi connectivity index (χ0) is 23.4. The van der Waals surface area contributed by atoms with Gasteiger partial charge < -0.3 is 13.9 Å². The van der Waals surface area contributed by atoms with Gasteiger partial charge in [-0.1, -0.05) is 32.8 Å². The molecular formula is C26H30O5. The van der Waals surface area contributed by atoms with Crippen molar-refractivity contribution < 1.29 is 18.7 Å². The van der Waals surface area contributed by atoms with Crippen molar-refractivity contribution in [2.75, 3.05) is 6.61 Å². The number of rotatable bonds is 5. The molecule has 0 aliphatic carbocycles. The summed E-state index contributed by atoms with van der Waals surface area (Å²) in [6.07, 6.45) is 10.3. The Hall–Kier alpha value is -3.26. The third-order valence-electron chi connectivity index (χ3n) is 4.24. The molecule has 2 rings (SSSR count). The molecule has 5 heteroatoms. The SMILES string of the molecule is C#C/C=C\C(=C/C)c1cc(=O)c2ccc(OCC(C)(C)C)c(OC(=O)C(C)(C)C)c2o1. The van der Waals surface area contributed by atoms with Crippen LogP contribution >= 0.6 is 0 Å². The van der Waals surface area contributed by atoms with Gasteiger partial charge in [0.2, 0.25) is 5.75 Å². The highest BCUT2D eigenvalue weighted by Gasteiger charge is 2.28. The van der Waals surface area contributed by atoms with Crippen LogP contribution in [-0.4, -0.2) is 12.6 Å². The van der Waals surface area contributed by atoms with Crippen LogP contribution in [0.4, 0.5) is 0 Å². The van der Waals surface area contributed by atoms with Gasteiger partial charge in [0.15, 0.2) is 16.8 Å². The molecule has 0 amide bonds. The number of fused-ring (bicyclic) bond motifs is 1. The van der Waals surface area contributed by atoms with Crippen molar-refractivity contribution in [2.24, 2.45) is 10.8 Å². The molecule has 0 spiro atoms. The molecule has 0 fully saturated rings. The maximum Gasteiger partial charge on any atom is 0.316 e. The van der Waals surface area contributed by atoms with E-state index < -0.39 is 11.4 Å². The van der Waals surface area contributed by atoms with Crippen LogP contribution in [0.15, 0.2) is 45.6 Å². The second kappa shape index (κ2) is 9.26. The van der Waals surface area contributed by atoms with Gasteiger partial charge in [-0.25, -0.2) is 0 Å². The minimum absolute atomic E-state index is 0.0945. The maximum atomic E-state index is 12.8. The van der Waals surface area contributed by atoms with Crippen molar-refractivity contribution in [3.63, 3.8) is 0 Å². The fraction of sp³-hybridized carbons (Fsp3) is 0.385. The number of carbonyl (C=O) groups excluding carboxylic acids is 1. The van der Waals surface area contributed by atoms with Crippen LogP contribution in [0.3, 0.4) is 0 Å². The number of hydrogen-bond donors (Lipinski definition) is 0. The Bertz CT molecular complexity index is 1130. The van der Waals surface area contributed by atoms with Gasteiger partial charge in [0.1, 0.15) is 5.76 Å². The largest absolute Gasteiger partial charge is 0.489 e. The lowest BCUT2D eigenvalue weighted by atomic mass is 9.97. The van der Waals surface area contributed by atoms with Crippen molar-refractivity contribution in [3.05, 3.63) is 52.4 Å². The third kappa shape index (κ3) is 6.11. The molecule has 31 heavy (non-hydrogen) atoms. The molecule has 0 N–H and O–H groups in total. The van der Waals surface area contributed by atoms with Gasteiger partial charge in [0.25, 0.3) is 0 Å². The summed E-state index contributed by atoms with van der Waals surface area (Å²) in [6, 6.07) is 4.64. The minimum Gasteiger partial charge on any atom is -0.489 e. The van der Waals surface area contributed by atoms with Crippen LogP contribution in [0, 0.1) is 23.2 Å². The van der Waals surface area contributed by atoms with E-state index in [1.807, 2.05) is 27.7 Å². The summed E-state index contributed by atoms with van der Waals surface area (Å²) in [5, 5.41) is 0.292. The summed E-state index contributed by atoms with van der Waals surface area (Å²) in [5.74, 6) is 2.69. The standard InChI is InChI=1S/C26H30O5/c1-9-11-12-17(10-2)21-15-19(27)18-13-14-20(29-16-25(3,4)5)23(22(18)30-21)31-24(28)26(6,7)8/h1,10-15H,16H2,2-8H3/b12-11-,17-10+. The molecule has 5 nitrogen and oxygen atoms in total. The van der Waals surface area contributed by atoms with E-state index in [9.17, 15) is 9.59 Å². The predicted octanol–water partition coefficient (Wildman–Crippen LogP) is 5.76. The van der Waals surface area contributed by atoms with Crippen LogP contribution in [0.25, 0.3) is 16.5 Å². The van der Waals surface area contributed by atoms with Crippen molar-refractivity contribution in [1.29, 1.82) is 0 Å². The van der Waals surface area contributed by atoms with E-state index in [0.29, 0.717) is 29.1 Å². The van der Waals surface area contributed by atoms with E-state index in [4.69, 9.17) is 20.3 Å². The van der Waals surface area contributed by atoms with E-state index in [0.717, 1.165) is 0 Å². The lowest BCUT2D eigenvalue weighted by Gasteiger charge is -2.22. The quantitative estimate of drug-likeness (QED) is 0.265. The summed E-state index contributed by atoms with van der Waals surface area (Å²) in [4.78, 5) is 25.5. The van der Waals surface area contributed by atoms with Crippen LogP contribution in [0.1, 0.15) is 54.2 Å². The summed E-state index contributed by atoms with van der Waals surface area (Å²) in [7, 11) is 0. The molecule has 0 aliphatic heterocycles. The van der Waals surface area contributed by atoms with Gasteiger partial charge in [-0.05, 0) is 57.4 Å². The fourth-order valence-electron chi connectivity index (χ4n) is 2.53. The molecule has 0 unspecified atom stereocenters. The summed E-state index contributed by atoms with van der Waals surface area (Å²) >= 11 is 0.